The third-order valence-corrected chi connectivity index (χ3v) is 4.18. The number of carbonyl (C=O) groups excluding carboxylic acids is 1. The van der Waals surface area contributed by atoms with Crippen LogP contribution in [-0.4, -0.2) is 21.0 Å². The molecule has 6 nitrogen and oxygen atoms in total. The highest BCUT2D eigenvalue weighted by Crippen LogP contribution is 2.37. The van der Waals surface area contributed by atoms with Crippen molar-refractivity contribution in [1.29, 1.82) is 0 Å². The third kappa shape index (κ3) is 2.89. The molecular formula is C19H18N4O2. The van der Waals surface area contributed by atoms with Crippen molar-refractivity contribution in [1.82, 2.24) is 9.97 Å². The summed E-state index contributed by atoms with van der Waals surface area (Å²) in [6, 6.07) is 8.54. The average Bonchev–Trinajstić information content (AvgIpc) is 2.60. The second kappa shape index (κ2) is 6.24. The Morgan fingerprint density at radius 2 is 1.80 bits per heavy atom. The highest BCUT2D eigenvalue weighted by Gasteiger charge is 2.20. The van der Waals surface area contributed by atoms with Crippen LogP contribution in [0.5, 0.6) is 5.75 Å². The summed E-state index contributed by atoms with van der Waals surface area (Å²) in [5.41, 5.74) is 16.1. The van der Waals surface area contributed by atoms with E-state index >= 15 is 0 Å². The Morgan fingerprint density at radius 3 is 2.44 bits per heavy atom. The quantitative estimate of drug-likeness (QED) is 0.681. The minimum Gasteiger partial charge on any atom is -0.508 e. The zero-order chi connectivity index (χ0) is 18.1. The maximum Gasteiger partial charge on any atom is 0.250 e. The molecule has 0 atom stereocenters. The van der Waals surface area contributed by atoms with E-state index in [1.165, 1.54) is 0 Å². The number of phenolic OH excluding ortho intramolecular Hbond substituents is 1. The number of pyridine rings is 2. The predicted octanol–water partition coefficient (Wildman–Crippen LogP) is 2.81. The Morgan fingerprint density at radius 1 is 1.12 bits per heavy atom. The number of nitrogens with two attached hydrogens (primary N) is 2. The molecule has 0 unspecified atom stereocenters. The largest absolute Gasteiger partial charge is 0.508 e. The second-order valence-electron chi connectivity index (χ2n) is 5.82. The molecule has 126 valence electrons. The lowest BCUT2D eigenvalue weighted by Crippen LogP contribution is -2.15. The van der Waals surface area contributed by atoms with E-state index in [0.29, 0.717) is 22.5 Å². The highest BCUT2D eigenvalue weighted by molar-refractivity contribution is 6.02. The maximum absolute atomic E-state index is 11.9. The van der Waals surface area contributed by atoms with E-state index in [9.17, 15) is 9.90 Å². The molecule has 0 aliphatic carbocycles. The lowest BCUT2D eigenvalue weighted by Gasteiger charge is -2.16. The molecule has 1 aromatic carbocycles. The number of amides is 1. The van der Waals surface area contributed by atoms with E-state index in [2.05, 4.69) is 9.97 Å². The summed E-state index contributed by atoms with van der Waals surface area (Å²) in [7, 11) is 0. The van der Waals surface area contributed by atoms with Crippen molar-refractivity contribution in [3.8, 4) is 28.3 Å². The third-order valence-electron chi connectivity index (χ3n) is 4.18. The van der Waals surface area contributed by atoms with Crippen molar-refractivity contribution in [2.45, 2.75) is 13.8 Å². The first-order valence-electron chi connectivity index (χ1n) is 7.70. The van der Waals surface area contributed by atoms with Crippen LogP contribution >= 0.6 is 0 Å². The molecule has 25 heavy (non-hydrogen) atoms. The lowest BCUT2D eigenvalue weighted by molar-refractivity contribution is 0.100. The molecule has 6 heteroatoms. The van der Waals surface area contributed by atoms with Crippen molar-refractivity contribution in [3.05, 3.63) is 59.4 Å². The molecule has 0 saturated heterocycles. The summed E-state index contributed by atoms with van der Waals surface area (Å²) in [6.45, 7) is 3.67. The molecule has 0 saturated carbocycles. The monoisotopic (exact) mass is 334 g/mol. The molecule has 0 aliphatic heterocycles. The molecule has 3 rings (SSSR count). The minimum absolute atomic E-state index is 0.136. The van der Waals surface area contributed by atoms with Crippen LogP contribution in [0.15, 0.2) is 42.7 Å². The van der Waals surface area contributed by atoms with Gasteiger partial charge in [0.2, 0.25) is 0 Å². The number of phenols is 1. The van der Waals surface area contributed by atoms with Crippen molar-refractivity contribution in [3.63, 3.8) is 0 Å². The number of nitrogen functional groups attached to an aromatic ring is 1. The molecular weight excluding hydrogens is 316 g/mol. The van der Waals surface area contributed by atoms with Gasteiger partial charge < -0.3 is 16.6 Å². The van der Waals surface area contributed by atoms with E-state index in [4.69, 9.17) is 11.5 Å². The van der Waals surface area contributed by atoms with Crippen molar-refractivity contribution in [2.24, 2.45) is 5.73 Å². The normalized spacial score (nSPS) is 10.6. The Bertz CT molecular complexity index is 969. The predicted molar refractivity (Wildman–Crippen MR) is 97.0 cm³/mol. The van der Waals surface area contributed by atoms with Gasteiger partial charge in [-0.1, -0.05) is 6.07 Å². The average molecular weight is 334 g/mol. The summed E-state index contributed by atoms with van der Waals surface area (Å²) in [5, 5.41) is 10.1. The summed E-state index contributed by atoms with van der Waals surface area (Å²) >= 11 is 0. The SMILES string of the molecule is Cc1ccc(O)c(C)c1-c1nc(-c2ccncc2)cc(C(N)=O)c1N. The van der Waals surface area contributed by atoms with Gasteiger partial charge >= 0.3 is 0 Å². The second-order valence-corrected chi connectivity index (χ2v) is 5.82. The van der Waals surface area contributed by atoms with Crippen molar-refractivity contribution in [2.75, 3.05) is 5.73 Å². The van der Waals surface area contributed by atoms with Crippen LogP contribution in [0.3, 0.4) is 0 Å². The minimum atomic E-state index is -0.632. The van der Waals surface area contributed by atoms with E-state index in [-0.39, 0.29) is 17.0 Å². The van der Waals surface area contributed by atoms with Gasteiger partial charge in [-0.15, -0.1) is 0 Å². The fourth-order valence-corrected chi connectivity index (χ4v) is 2.82. The van der Waals surface area contributed by atoms with Crippen LogP contribution in [0.25, 0.3) is 22.5 Å². The van der Waals surface area contributed by atoms with Crippen molar-refractivity contribution < 1.29 is 9.90 Å². The zero-order valence-electron chi connectivity index (χ0n) is 13.9. The molecule has 0 spiro atoms. The van der Waals surface area contributed by atoms with E-state index in [0.717, 1.165) is 11.1 Å². The van der Waals surface area contributed by atoms with E-state index < -0.39 is 5.91 Å². The number of hydrogen-bond acceptors (Lipinski definition) is 5. The molecule has 0 bridgehead atoms. The first-order valence-corrected chi connectivity index (χ1v) is 7.70. The summed E-state index contributed by atoms with van der Waals surface area (Å²) in [6.07, 6.45) is 3.28. The molecule has 2 aromatic heterocycles. The highest BCUT2D eigenvalue weighted by atomic mass is 16.3. The first kappa shape index (κ1) is 16.4. The molecule has 0 aliphatic rings. The Kier molecular flexibility index (Phi) is 4.10. The Hall–Kier alpha value is -3.41. The van der Waals surface area contributed by atoms with E-state index in [1.807, 2.05) is 6.92 Å². The Balaban J connectivity index is 2.36. The number of hydrogen-bond donors (Lipinski definition) is 3. The van der Waals surface area contributed by atoms with Crippen LogP contribution in [-0.2, 0) is 0 Å². The number of aryl methyl sites for hydroxylation is 1. The van der Waals surface area contributed by atoms with Gasteiger partial charge in [-0.2, -0.15) is 0 Å². The lowest BCUT2D eigenvalue weighted by atomic mass is 9.95. The number of aromatic nitrogens is 2. The van der Waals surface area contributed by atoms with Crippen LogP contribution in [0.4, 0.5) is 5.69 Å². The topological polar surface area (TPSA) is 115 Å². The number of rotatable bonds is 3. The maximum atomic E-state index is 11.9. The summed E-state index contributed by atoms with van der Waals surface area (Å²) < 4.78 is 0. The van der Waals surface area contributed by atoms with Crippen LogP contribution < -0.4 is 11.5 Å². The molecule has 2 heterocycles. The first-order chi connectivity index (χ1) is 11.9. The molecule has 0 fully saturated rings. The van der Waals surface area contributed by atoms with E-state index in [1.54, 1.807) is 49.6 Å². The number of benzene rings is 1. The smallest absolute Gasteiger partial charge is 0.250 e. The van der Waals surface area contributed by atoms with Gasteiger partial charge in [-0.05, 0) is 43.7 Å². The van der Waals surface area contributed by atoms with Gasteiger partial charge in [0, 0.05) is 29.1 Å². The number of primary amides is 1. The molecule has 5 N–H and O–H groups in total. The number of aromatic hydroxyl groups is 1. The molecule has 1 amide bonds. The van der Waals surface area contributed by atoms with Gasteiger partial charge in [-0.25, -0.2) is 4.98 Å². The van der Waals surface area contributed by atoms with Gasteiger partial charge in [0.05, 0.1) is 22.6 Å². The van der Waals surface area contributed by atoms with Gasteiger partial charge in [0.25, 0.3) is 5.91 Å². The Labute approximate surface area is 145 Å². The van der Waals surface area contributed by atoms with Gasteiger partial charge in [0.15, 0.2) is 0 Å². The number of nitrogens with zero attached hydrogens (tertiary/aromatic N) is 2. The van der Waals surface area contributed by atoms with Crippen molar-refractivity contribution >= 4 is 11.6 Å². The fourth-order valence-electron chi connectivity index (χ4n) is 2.82. The molecule has 3 aromatic rings. The fraction of sp³-hybridized carbons (Fsp3) is 0.105. The molecule has 0 radical (unpaired) electrons. The summed E-state index contributed by atoms with van der Waals surface area (Å²) in [4.78, 5) is 20.5. The standard InChI is InChI=1S/C19H18N4O2/c1-10-3-4-15(24)11(2)16(10)18-17(20)13(19(21)25)9-14(23-18)12-5-7-22-8-6-12/h3-9,24H,20H2,1-2H3,(H2,21,25). The van der Waals surface area contributed by atoms with Crippen LogP contribution in [0.2, 0.25) is 0 Å². The van der Waals surface area contributed by atoms with Crippen LogP contribution in [0, 0.1) is 13.8 Å². The zero-order valence-corrected chi connectivity index (χ0v) is 13.9. The van der Waals surface area contributed by atoms with Gasteiger partial charge in [0.1, 0.15) is 5.75 Å². The van der Waals surface area contributed by atoms with Crippen LogP contribution in [0.1, 0.15) is 21.5 Å². The van der Waals surface area contributed by atoms with Gasteiger partial charge in [-0.3, -0.25) is 9.78 Å². The number of anilines is 1. The summed E-state index contributed by atoms with van der Waals surface area (Å²) in [5.74, 6) is -0.497. The number of carbonyl (C=O) groups is 1.